The van der Waals surface area contributed by atoms with E-state index in [1.807, 2.05) is 60.7 Å². The van der Waals surface area contributed by atoms with Gasteiger partial charge in [0.15, 0.2) is 4.80 Å². The first-order valence-electron chi connectivity index (χ1n) is 14.3. The molecule has 1 aromatic heterocycles. The van der Waals surface area contributed by atoms with Gasteiger partial charge in [-0.1, -0.05) is 77.0 Å². The maximum absolute atomic E-state index is 14.2. The molecule has 46 heavy (non-hydrogen) atoms. The van der Waals surface area contributed by atoms with Crippen LogP contribution in [-0.2, 0) is 16.1 Å². The molecule has 0 aliphatic carbocycles. The Bertz CT molecular complexity index is 2230. The minimum atomic E-state index is -0.819. The second-order valence-corrected chi connectivity index (χ2v) is 13.1. The van der Waals surface area contributed by atoms with E-state index in [0.717, 1.165) is 21.9 Å². The number of hydrogen-bond donors (Lipinski definition) is 0. The molecule has 6 rings (SSSR count). The zero-order valence-corrected chi connectivity index (χ0v) is 28.9. The number of thiazole rings is 1. The first kappa shape index (κ1) is 32.1. The van der Waals surface area contributed by atoms with Gasteiger partial charge < -0.3 is 14.2 Å². The number of carbonyl (C=O) groups excluding carboxylic acids is 1. The standard InChI is InChI=1S/C35H27BrCl2N2O5S/c1-4-44-34(42)30-19(2)39-35-40(32(30)31-24-8-6-5-7-21(24)11-14-28(31)43-3)33(41)29(46-35)16-20-9-13-27(25(36)15-20)45-18-22-10-12-23(37)17-26(22)38/h5-17,32H,4,18H2,1-3H3/b29-16-/t32-/m0/s1. The molecule has 4 aromatic carbocycles. The fourth-order valence-electron chi connectivity index (χ4n) is 5.47. The first-order chi connectivity index (χ1) is 22.2. The van der Waals surface area contributed by atoms with Gasteiger partial charge in [0.2, 0.25) is 0 Å². The fraction of sp³-hybridized carbons (Fsp3) is 0.171. The smallest absolute Gasteiger partial charge is 0.338 e. The van der Waals surface area contributed by atoms with Crippen LogP contribution < -0.4 is 24.4 Å². The van der Waals surface area contributed by atoms with Crippen LogP contribution in [-0.4, -0.2) is 24.3 Å². The van der Waals surface area contributed by atoms with Crippen LogP contribution in [0.3, 0.4) is 0 Å². The number of allylic oxidation sites excluding steroid dienone is 1. The number of nitrogens with zero attached hydrogens (tertiary/aromatic N) is 2. The Kier molecular flexibility index (Phi) is 9.38. The van der Waals surface area contributed by atoms with Crippen LogP contribution in [0.25, 0.3) is 16.8 Å². The summed E-state index contributed by atoms with van der Waals surface area (Å²) in [6, 6.07) is 21.6. The van der Waals surface area contributed by atoms with E-state index in [-0.39, 0.29) is 18.8 Å². The number of halogens is 3. The van der Waals surface area contributed by atoms with Gasteiger partial charge in [0.05, 0.1) is 34.0 Å². The van der Waals surface area contributed by atoms with Crippen LogP contribution in [0.4, 0.5) is 0 Å². The van der Waals surface area contributed by atoms with Crippen molar-refractivity contribution in [2.75, 3.05) is 13.7 Å². The monoisotopic (exact) mass is 736 g/mol. The minimum Gasteiger partial charge on any atom is -0.496 e. The minimum absolute atomic E-state index is 0.181. The lowest BCUT2D eigenvalue weighted by atomic mass is 9.90. The Morgan fingerprint density at radius 2 is 1.85 bits per heavy atom. The zero-order chi connectivity index (χ0) is 32.5. The lowest BCUT2D eigenvalue weighted by Crippen LogP contribution is -2.40. The molecule has 0 bridgehead atoms. The molecule has 0 amide bonds. The van der Waals surface area contributed by atoms with Crippen LogP contribution >= 0.6 is 50.5 Å². The van der Waals surface area contributed by atoms with Crippen molar-refractivity contribution in [2.24, 2.45) is 4.99 Å². The summed E-state index contributed by atoms with van der Waals surface area (Å²) in [6.07, 6.45) is 1.80. The van der Waals surface area contributed by atoms with Crippen LogP contribution in [0.15, 0.2) is 98.3 Å². The number of aromatic nitrogens is 1. The number of carbonyl (C=O) groups is 1. The molecule has 0 unspecified atom stereocenters. The number of methoxy groups -OCH3 is 1. The topological polar surface area (TPSA) is 79.1 Å². The Balaban J connectivity index is 1.45. The third-order valence-corrected chi connectivity index (χ3v) is 9.78. The Hall–Kier alpha value is -3.89. The van der Waals surface area contributed by atoms with Crippen LogP contribution in [0.1, 0.15) is 36.6 Å². The highest BCUT2D eigenvalue weighted by Gasteiger charge is 2.36. The van der Waals surface area contributed by atoms with Gasteiger partial charge in [-0.25, -0.2) is 9.79 Å². The Labute approximate surface area is 287 Å². The fourth-order valence-corrected chi connectivity index (χ4v) is 7.49. The Morgan fingerprint density at radius 1 is 1.07 bits per heavy atom. The van der Waals surface area contributed by atoms with Gasteiger partial charge in [0.25, 0.3) is 5.56 Å². The molecule has 0 radical (unpaired) electrons. The molecule has 0 spiro atoms. The number of fused-ring (bicyclic) bond motifs is 2. The van der Waals surface area contributed by atoms with Crippen molar-refractivity contribution in [3.63, 3.8) is 0 Å². The molecule has 0 saturated heterocycles. The van der Waals surface area contributed by atoms with Crippen molar-refractivity contribution < 1.29 is 19.0 Å². The van der Waals surface area contributed by atoms with Gasteiger partial charge in [0.1, 0.15) is 24.1 Å². The third kappa shape index (κ3) is 6.12. The number of esters is 1. The van der Waals surface area contributed by atoms with Gasteiger partial charge >= 0.3 is 5.97 Å². The van der Waals surface area contributed by atoms with Crippen molar-refractivity contribution in [1.82, 2.24) is 4.57 Å². The molecule has 1 aliphatic heterocycles. The number of ether oxygens (including phenoxy) is 3. The summed E-state index contributed by atoms with van der Waals surface area (Å²) in [5.74, 6) is 0.633. The van der Waals surface area contributed by atoms with Crippen molar-refractivity contribution in [3.8, 4) is 11.5 Å². The summed E-state index contributed by atoms with van der Waals surface area (Å²) in [5, 5.41) is 2.89. The van der Waals surface area contributed by atoms with Crippen LogP contribution in [0.5, 0.6) is 11.5 Å². The molecule has 11 heteroatoms. The van der Waals surface area contributed by atoms with Gasteiger partial charge in [-0.05, 0) is 82.5 Å². The lowest BCUT2D eigenvalue weighted by Gasteiger charge is -2.27. The predicted octanol–water partition coefficient (Wildman–Crippen LogP) is 7.61. The molecule has 1 atom stereocenters. The molecular formula is C35H27BrCl2N2O5S. The molecule has 1 aliphatic rings. The van der Waals surface area contributed by atoms with Gasteiger partial charge in [-0.2, -0.15) is 0 Å². The zero-order valence-electron chi connectivity index (χ0n) is 25.0. The lowest BCUT2D eigenvalue weighted by molar-refractivity contribution is -0.139. The van der Waals surface area contributed by atoms with Crippen molar-refractivity contribution >= 4 is 73.3 Å². The predicted molar refractivity (Wildman–Crippen MR) is 186 cm³/mol. The summed E-state index contributed by atoms with van der Waals surface area (Å²) in [4.78, 5) is 32.9. The second kappa shape index (κ2) is 13.5. The summed E-state index contributed by atoms with van der Waals surface area (Å²) in [5.41, 5.74) is 2.76. The average molecular weight is 738 g/mol. The van der Waals surface area contributed by atoms with Crippen LogP contribution in [0, 0.1) is 0 Å². The quantitative estimate of drug-likeness (QED) is 0.153. The van der Waals surface area contributed by atoms with E-state index in [0.29, 0.717) is 52.2 Å². The summed E-state index contributed by atoms with van der Waals surface area (Å²) < 4.78 is 20.0. The number of rotatable bonds is 8. The SMILES string of the molecule is CCOC(=O)C1=C(C)N=c2s/c(=C\c3ccc(OCc4ccc(Cl)cc4Cl)c(Br)c3)c(=O)n2[C@@H]1c1c(OC)ccc2ccccc12. The number of benzene rings is 4. The highest BCUT2D eigenvalue weighted by molar-refractivity contribution is 9.10. The largest absolute Gasteiger partial charge is 0.496 e. The van der Waals surface area contributed by atoms with E-state index in [1.165, 1.54) is 11.3 Å². The maximum atomic E-state index is 14.2. The first-order valence-corrected chi connectivity index (χ1v) is 16.7. The molecule has 0 saturated carbocycles. The van der Waals surface area contributed by atoms with Crippen LogP contribution in [0.2, 0.25) is 10.0 Å². The van der Waals surface area contributed by atoms with Crippen molar-refractivity contribution in [3.05, 3.63) is 135 Å². The molecule has 5 aromatic rings. The summed E-state index contributed by atoms with van der Waals surface area (Å²) in [6.45, 7) is 3.95. The van der Waals surface area contributed by atoms with E-state index in [4.69, 9.17) is 42.4 Å². The van der Waals surface area contributed by atoms with Gasteiger partial charge in [-0.3, -0.25) is 9.36 Å². The van der Waals surface area contributed by atoms with Crippen molar-refractivity contribution in [1.29, 1.82) is 0 Å². The number of hydrogen-bond acceptors (Lipinski definition) is 7. The maximum Gasteiger partial charge on any atom is 0.338 e. The van der Waals surface area contributed by atoms with E-state index < -0.39 is 12.0 Å². The molecule has 7 nitrogen and oxygen atoms in total. The second-order valence-electron chi connectivity index (χ2n) is 10.4. The summed E-state index contributed by atoms with van der Waals surface area (Å²) >= 11 is 17.2. The van der Waals surface area contributed by atoms with Gasteiger partial charge in [-0.15, -0.1) is 0 Å². The molecule has 0 N–H and O–H groups in total. The molecule has 0 fully saturated rings. The highest BCUT2D eigenvalue weighted by Crippen LogP contribution is 2.40. The van der Waals surface area contributed by atoms with Gasteiger partial charge in [0, 0.05) is 21.2 Å². The van der Waals surface area contributed by atoms with E-state index in [9.17, 15) is 9.59 Å². The molecule has 2 heterocycles. The van der Waals surface area contributed by atoms with E-state index >= 15 is 0 Å². The molecule has 234 valence electrons. The summed E-state index contributed by atoms with van der Waals surface area (Å²) in [7, 11) is 1.58. The van der Waals surface area contributed by atoms with E-state index in [2.05, 4.69) is 15.9 Å². The van der Waals surface area contributed by atoms with E-state index in [1.54, 1.807) is 43.7 Å². The third-order valence-electron chi connectivity index (χ3n) is 7.59. The Morgan fingerprint density at radius 3 is 2.59 bits per heavy atom. The average Bonchev–Trinajstić information content (AvgIpc) is 3.34. The van der Waals surface area contributed by atoms with Crippen molar-refractivity contribution in [2.45, 2.75) is 26.5 Å². The molecular weight excluding hydrogens is 711 g/mol. The highest BCUT2D eigenvalue weighted by atomic mass is 79.9. The normalized spacial score (nSPS) is 14.7.